The van der Waals surface area contributed by atoms with Crippen molar-refractivity contribution in [2.24, 2.45) is 13.0 Å². The van der Waals surface area contributed by atoms with Crippen LogP contribution < -0.4 is 5.69 Å². The molecule has 3 heterocycles. The summed E-state index contributed by atoms with van der Waals surface area (Å²) >= 11 is 0. The van der Waals surface area contributed by atoms with Crippen LogP contribution in [0, 0.1) is 17.2 Å². The second kappa shape index (κ2) is 7.52. The molecule has 1 aliphatic heterocycles. The number of likely N-dealkylation sites (tertiary alicyclic amines) is 1. The fraction of sp³-hybridized carbons (Fsp3) is 0.500. The number of carbonyl (C=O) groups is 1. The minimum atomic E-state index is -0.0802. The molecular formula is C18H22N6O2. The van der Waals surface area contributed by atoms with Crippen LogP contribution in [0.4, 0.5) is 0 Å². The zero-order chi connectivity index (χ0) is 18.7. The van der Waals surface area contributed by atoms with Gasteiger partial charge in [0, 0.05) is 39.3 Å². The summed E-state index contributed by atoms with van der Waals surface area (Å²) in [6, 6.07) is 5.16. The van der Waals surface area contributed by atoms with Gasteiger partial charge in [0.05, 0.1) is 5.56 Å². The molecule has 8 heteroatoms. The Kier molecular flexibility index (Phi) is 5.16. The molecule has 0 bridgehead atoms. The van der Waals surface area contributed by atoms with E-state index in [1.54, 1.807) is 23.7 Å². The zero-order valence-corrected chi connectivity index (χ0v) is 15.1. The minimum absolute atomic E-state index is 0.0521. The number of rotatable bonds is 4. The molecule has 0 saturated carbocycles. The normalized spacial score (nSPS) is 15.0. The first-order valence-electron chi connectivity index (χ1n) is 8.81. The molecule has 1 amide bonds. The average Bonchev–Trinajstić information content (AvgIpc) is 2.94. The molecule has 26 heavy (non-hydrogen) atoms. The maximum atomic E-state index is 12.6. The zero-order valence-electron chi connectivity index (χ0n) is 15.1. The van der Waals surface area contributed by atoms with Crippen molar-refractivity contribution in [1.29, 1.82) is 5.26 Å². The Labute approximate surface area is 151 Å². The molecule has 0 aromatic carbocycles. The number of piperidine rings is 1. The maximum Gasteiger partial charge on any atom is 0.345 e. The van der Waals surface area contributed by atoms with Crippen LogP contribution in [0.3, 0.4) is 0 Å². The molecule has 0 aliphatic carbocycles. The average molecular weight is 354 g/mol. The van der Waals surface area contributed by atoms with Crippen LogP contribution in [0.25, 0.3) is 0 Å². The summed E-state index contributed by atoms with van der Waals surface area (Å²) in [5, 5.41) is 13.1. The summed E-state index contributed by atoms with van der Waals surface area (Å²) in [5.74, 6) is 1.18. The number of hydrogen-bond donors (Lipinski definition) is 0. The summed E-state index contributed by atoms with van der Waals surface area (Å²) in [4.78, 5) is 30.3. The molecule has 0 atom stereocenters. The Bertz CT molecular complexity index is 882. The third kappa shape index (κ3) is 3.52. The lowest BCUT2D eigenvalue weighted by Gasteiger charge is -2.31. The molecule has 2 aromatic rings. The van der Waals surface area contributed by atoms with Gasteiger partial charge < -0.3 is 4.90 Å². The Balaban J connectivity index is 1.60. The van der Waals surface area contributed by atoms with E-state index in [4.69, 9.17) is 5.26 Å². The van der Waals surface area contributed by atoms with Crippen molar-refractivity contribution in [3.8, 4) is 6.07 Å². The summed E-state index contributed by atoms with van der Waals surface area (Å²) in [5.41, 5.74) is 0.730. The molecule has 136 valence electrons. The molecule has 0 spiro atoms. The smallest absolute Gasteiger partial charge is 0.339 e. The predicted octanol–water partition coefficient (Wildman–Crippen LogP) is 0.963. The molecule has 1 fully saturated rings. The lowest BCUT2D eigenvalue weighted by atomic mass is 9.93. The van der Waals surface area contributed by atoms with Crippen molar-refractivity contribution in [2.45, 2.75) is 32.7 Å². The van der Waals surface area contributed by atoms with Crippen LogP contribution in [-0.2, 0) is 20.0 Å². The molecule has 8 nitrogen and oxygen atoms in total. The van der Waals surface area contributed by atoms with Crippen molar-refractivity contribution in [3.63, 3.8) is 0 Å². The summed E-state index contributed by atoms with van der Waals surface area (Å²) < 4.78 is 3.09. The maximum absolute atomic E-state index is 12.6. The van der Waals surface area contributed by atoms with E-state index in [0.717, 1.165) is 25.1 Å². The quantitative estimate of drug-likeness (QED) is 0.815. The Morgan fingerprint density at radius 3 is 2.65 bits per heavy atom. The second-order valence-corrected chi connectivity index (χ2v) is 6.55. The fourth-order valence-electron chi connectivity index (χ4n) is 3.39. The topological polar surface area (TPSA) is 96.8 Å². The number of aromatic nitrogens is 4. The Hall–Kier alpha value is -2.95. The van der Waals surface area contributed by atoms with E-state index in [0.29, 0.717) is 36.8 Å². The van der Waals surface area contributed by atoms with E-state index in [9.17, 15) is 9.59 Å². The van der Waals surface area contributed by atoms with E-state index in [2.05, 4.69) is 10.1 Å². The number of nitriles is 1. The molecular weight excluding hydrogens is 332 g/mol. The van der Waals surface area contributed by atoms with Gasteiger partial charge in [-0.15, -0.1) is 0 Å². The summed E-state index contributed by atoms with van der Waals surface area (Å²) in [7, 11) is 1.67. The Morgan fingerprint density at radius 1 is 1.35 bits per heavy atom. The van der Waals surface area contributed by atoms with Crippen LogP contribution >= 0.6 is 0 Å². The van der Waals surface area contributed by atoms with Crippen LogP contribution in [0.15, 0.2) is 23.1 Å². The largest absolute Gasteiger partial charge is 0.345 e. The highest BCUT2D eigenvalue weighted by molar-refractivity contribution is 5.94. The van der Waals surface area contributed by atoms with Gasteiger partial charge in [-0.2, -0.15) is 10.4 Å². The van der Waals surface area contributed by atoms with Crippen LogP contribution in [0.1, 0.15) is 41.6 Å². The van der Waals surface area contributed by atoms with Crippen molar-refractivity contribution >= 4 is 5.91 Å². The van der Waals surface area contributed by atoms with Gasteiger partial charge in [0.1, 0.15) is 17.6 Å². The first-order chi connectivity index (χ1) is 12.5. The van der Waals surface area contributed by atoms with Crippen molar-refractivity contribution < 1.29 is 4.79 Å². The van der Waals surface area contributed by atoms with Gasteiger partial charge in [-0.3, -0.25) is 9.36 Å². The first kappa shape index (κ1) is 17.9. The highest BCUT2D eigenvalue weighted by atomic mass is 16.2. The van der Waals surface area contributed by atoms with Crippen LogP contribution in [0.2, 0.25) is 0 Å². The summed E-state index contributed by atoms with van der Waals surface area (Å²) in [6.07, 6.45) is 3.97. The minimum Gasteiger partial charge on any atom is -0.339 e. The number of nitrogens with zero attached hydrogens (tertiary/aromatic N) is 6. The standard InChI is InChI=1S/C18H22N6O2/c1-3-24-16(21-22(2)18(24)26)10-13-6-8-23(9-7-13)17(25)14-4-5-15(11-19)20-12-14/h4-5,12-13H,3,6-10H2,1-2H3. The van der Waals surface area contributed by atoms with Gasteiger partial charge in [0.15, 0.2) is 0 Å². The fourth-order valence-corrected chi connectivity index (χ4v) is 3.39. The van der Waals surface area contributed by atoms with E-state index in [1.807, 2.05) is 17.9 Å². The lowest BCUT2D eigenvalue weighted by Crippen LogP contribution is -2.39. The van der Waals surface area contributed by atoms with Gasteiger partial charge in [-0.25, -0.2) is 14.5 Å². The molecule has 2 aromatic heterocycles. The van der Waals surface area contributed by atoms with Crippen molar-refractivity contribution in [3.05, 3.63) is 45.9 Å². The monoisotopic (exact) mass is 354 g/mol. The first-order valence-corrected chi connectivity index (χ1v) is 8.81. The van der Waals surface area contributed by atoms with Crippen LogP contribution in [-0.4, -0.2) is 43.2 Å². The molecule has 1 saturated heterocycles. The van der Waals surface area contributed by atoms with Gasteiger partial charge in [0.25, 0.3) is 5.91 Å². The third-order valence-electron chi connectivity index (χ3n) is 4.90. The predicted molar refractivity (Wildman–Crippen MR) is 94.4 cm³/mol. The summed E-state index contributed by atoms with van der Waals surface area (Å²) in [6.45, 7) is 3.91. The number of carbonyl (C=O) groups excluding carboxylic acids is 1. The molecule has 0 radical (unpaired) electrons. The lowest BCUT2D eigenvalue weighted by molar-refractivity contribution is 0.0689. The molecule has 0 unspecified atom stereocenters. The molecule has 3 rings (SSSR count). The van der Waals surface area contributed by atoms with Gasteiger partial charge in [-0.1, -0.05) is 0 Å². The van der Waals surface area contributed by atoms with E-state index in [1.165, 1.54) is 10.9 Å². The highest BCUT2D eigenvalue weighted by Gasteiger charge is 2.25. The van der Waals surface area contributed by atoms with Gasteiger partial charge in [0.2, 0.25) is 0 Å². The van der Waals surface area contributed by atoms with Crippen LogP contribution in [0.5, 0.6) is 0 Å². The second-order valence-electron chi connectivity index (χ2n) is 6.55. The molecule has 1 aliphatic rings. The number of aryl methyl sites for hydroxylation is 1. The Morgan fingerprint density at radius 2 is 2.08 bits per heavy atom. The van der Waals surface area contributed by atoms with Crippen molar-refractivity contribution in [2.75, 3.05) is 13.1 Å². The number of pyridine rings is 1. The van der Waals surface area contributed by atoms with Gasteiger partial charge in [-0.05, 0) is 37.8 Å². The number of amides is 1. The van der Waals surface area contributed by atoms with E-state index < -0.39 is 0 Å². The number of hydrogen-bond acceptors (Lipinski definition) is 5. The third-order valence-corrected chi connectivity index (χ3v) is 4.90. The highest BCUT2D eigenvalue weighted by Crippen LogP contribution is 2.22. The van der Waals surface area contributed by atoms with E-state index >= 15 is 0 Å². The van der Waals surface area contributed by atoms with E-state index in [-0.39, 0.29) is 11.6 Å². The SMILES string of the molecule is CCn1c(CC2CCN(C(=O)c3ccc(C#N)nc3)CC2)nn(C)c1=O. The van der Waals surface area contributed by atoms with Crippen molar-refractivity contribution in [1.82, 2.24) is 24.2 Å². The molecule has 0 N–H and O–H groups in total. The van der Waals surface area contributed by atoms with Gasteiger partial charge >= 0.3 is 5.69 Å².